The third kappa shape index (κ3) is 5.75. The van der Waals surface area contributed by atoms with E-state index in [1.807, 2.05) is 0 Å². The molecule has 7 nitrogen and oxygen atoms in total. The summed E-state index contributed by atoms with van der Waals surface area (Å²) in [6.45, 7) is 0. The van der Waals surface area contributed by atoms with E-state index in [-0.39, 0.29) is 6.07 Å². The van der Waals surface area contributed by atoms with Gasteiger partial charge in [-0.3, -0.25) is 0 Å². The van der Waals surface area contributed by atoms with Gasteiger partial charge in [-0.2, -0.15) is 43.9 Å². The van der Waals surface area contributed by atoms with Crippen molar-refractivity contribution in [3.63, 3.8) is 0 Å². The minimum absolute atomic E-state index is 0.240. The van der Waals surface area contributed by atoms with Crippen LogP contribution in [0.15, 0.2) is 18.2 Å². The summed E-state index contributed by atoms with van der Waals surface area (Å²) in [4.78, 5) is 34.4. The summed E-state index contributed by atoms with van der Waals surface area (Å²) < 4.78 is 143. The number of hydrogen-bond acceptors (Lipinski definition) is 7. The third-order valence-corrected chi connectivity index (χ3v) is 3.56. The monoisotopic (exact) mass is 504 g/mol. The lowest BCUT2D eigenvalue weighted by molar-refractivity contribution is -0.282. The molecule has 1 unspecified atom stereocenters. The molecular weight excluding hydrogens is 494 g/mol. The van der Waals surface area contributed by atoms with E-state index in [4.69, 9.17) is 0 Å². The molecule has 0 aliphatic carbocycles. The predicted molar refractivity (Wildman–Crippen MR) is 81.5 cm³/mol. The van der Waals surface area contributed by atoms with Crippen LogP contribution < -0.4 is 9.47 Å². The molecule has 1 rings (SSSR count). The zero-order valence-corrected chi connectivity index (χ0v) is 15.9. The van der Waals surface area contributed by atoms with E-state index in [0.29, 0.717) is 19.2 Å². The first-order valence-electron chi connectivity index (χ1n) is 7.89. The highest BCUT2D eigenvalue weighted by atomic mass is 19.4. The summed E-state index contributed by atoms with van der Waals surface area (Å²) in [6, 6.07) is 1.50. The predicted octanol–water partition coefficient (Wildman–Crippen LogP) is 3.75. The molecule has 0 aliphatic heterocycles. The molecule has 1 aromatic rings. The summed E-state index contributed by atoms with van der Waals surface area (Å²) in [7, 11) is 1.40. The Kier molecular flexibility index (Phi) is 7.83. The van der Waals surface area contributed by atoms with Crippen molar-refractivity contribution >= 4 is 17.9 Å². The topological polar surface area (TPSA) is 88.1 Å². The van der Waals surface area contributed by atoms with Gasteiger partial charge in [0.15, 0.2) is 11.5 Å². The zero-order valence-electron chi connectivity index (χ0n) is 15.9. The Morgan fingerprint density at radius 1 is 0.758 bits per heavy atom. The fourth-order valence-electron chi connectivity index (χ4n) is 1.87. The highest BCUT2D eigenvalue weighted by Gasteiger charge is 2.66. The molecule has 0 saturated carbocycles. The van der Waals surface area contributed by atoms with Crippen molar-refractivity contribution in [3.8, 4) is 11.5 Å². The van der Waals surface area contributed by atoms with Crippen molar-refractivity contribution in [3.05, 3.63) is 23.8 Å². The number of carbonyl (C=O) groups is 3. The van der Waals surface area contributed by atoms with E-state index in [1.54, 1.807) is 0 Å². The normalized spacial score (nSPS) is 13.7. The van der Waals surface area contributed by atoms with Crippen LogP contribution in [0.3, 0.4) is 0 Å². The van der Waals surface area contributed by atoms with Gasteiger partial charge < -0.3 is 18.9 Å². The van der Waals surface area contributed by atoms with Gasteiger partial charge in [0.2, 0.25) is 6.10 Å². The molecule has 0 N–H and O–H groups in total. The van der Waals surface area contributed by atoms with Gasteiger partial charge in [-0.1, -0.05) is 6.07 Å². The molecule has 0 aliphatic rings. The Morgan fingerprint density at radius 2 is 1.24 bits per heavy atom. The number of hydrogen-bond donors (Lipinski definition) is 0. The molecule has 17 heteroatoms. The number of ether oxygens (including phenoxy) is 4. The van der Waals surface area contributed by atoms with Crippen molar-refractivity contribution in [2.75, 3.05) is 14.2 Å². The van der Waals surface area contributed by atoms with Gasteiger partial charge in [0.05, 0.1) is 14.2 Å². The average molecular weight is 504 g/mol. The Morgan fingerprint density at radius 3 is 1.67 bits per heavy atom. The van der Waals surface area contributed by atoms with Crippen LogP contribution in [0.1, 0.15) is 11.7 Å². The first-order chi connectivity index (χ1) is 14.8. The van der Waals surface area contributed by atoms with Gasteiger partial charge in [-0.25, -0.2) is 14.4 Å². The molecule has 1 atom stereocenters. The summed E-state index contributed by atoms with van der Waals surface area (Å²) >= 11 is 0. The Labute approximate surface area is 176 Å². The summed E-state index contributed by atoms with van der Waals surface area (Å²) in [6.07, 6.45) is -15.5. The van der Waals surface area contributed by atoms with E-state index in [0.717, 1.165) is 7.11 Å². The first-order valence-corrected chi connectivity index (χ1v) is 7.89. The molecule has 0 spiro atoms. The fourth-order valence-corrected chi connectivity index (χ4v) is 1.87. The minimum atomic E-state index is -6.44. The number of methoxy groups -OCH3 is 2. The zero-order chi connectivity index (χ0) is 26.0. The smallest absolute Gasteiger partial charge is 0.465 e. The van der Waals surface area contributed by atoms with Crippen molar-refractivity contribution in [1.82, 2.24) is 0 Å². The van der Waals surface area contributed by atoms with Crippen LogP contribution in [0.25, 0.3) is 0 Å². The van der Waals surface area contributed by atoms with Gasteiger partial charge in [-0.15, -0.1) is 0 Å². The van der Waals surface area contributed by atoms with Crippen molar-refractivity contribution in [1.29, 1.82) is 0 Å². The summed E-state index contributed by atoms with van der Waals surface area (Å²) in [5.74, 6) is -22.3. The Balaban J connectivity index is 3.42. The number of carbonyl (C=O) groups excluding carboxylic acids is 3. The second-order valence-electron chi connectivity index (χ2n) is 5.75. The van der Waals surface area contributed by atoms with Crippen LogP contribution in [0.4, 0.5) is 43.9 Å². The van der Waals surface area contributed by atoms with Crippen LogP contribution in [-0.4, -0.2) is 56.3 Å². The molecule has 1 aromatic carbocycles. The highest BCUT2D eigenvalue weighted by Crippen LogP contribution is 2.40. The third-order valence-electron chi connectivity index (χ3n) is 3.56. The Hall–Kier alpha value is -3.27. The molecular formula is C16H10F10O7. The molecule has 0 heterocycles. The Bertz CT molecular complexity index is 908. The molecule has 0 bridgehead atoms. The maximum atomic E-state index is 13.1. The lowest BCUT2D eigenvalue weighted by atomic mass is 10.1. The lowest BCUT2D eigenvalue weighted by Crippen LogP contribution is -2.46. The van der Waals surface area contributed by atoms with Gasteiger partial charge in [0.25, 0.3) is 0 Å². The molecule has 0 radical (unpaired) electrons. The average Bonchev–Trinajstić information content (AvgIpc) is 2.69. The molecule has 33 heavy (non-hydrogen) atoms. The van der Waals surface area contributed by atoms with Crippen LogP contribution in [0, 0.1) is 0 Å². The molecule has 186 valence electrons. The largest absolute Gasteiger partial charge is 0.493 e. The molecule has 0 saturated heterocycles. The van der Waals surface area contributed by atoms with Crippen LogP contribution in [-0.2, 0) is 23.9 Å². The maximum absolute atomic E-state index is 13.1. The van der Waals surface area contributed by atoms with Crippen LogP contribution in [0.2, 0.25) is 0 Å². The van der Waals surface area contributed by atoms with Gasteiger partial charge in [-0.05, 0) is 12.1 Å². The number of benzene rings is 1. The van der Waals surface area contributed by atoms with Gasteiger partial charge in [0.1, 0.15) is 0 Å². The molecule has 0 fully saturated rings. The minimum Gasteiger partial charge on any atom is -0.493 e. The van der Waals surface area contributed by atoms with Crippen molar-refractivity contribution in [2.45, 2.75) is 30.3 Å². The number of alkyl halides is 10. The van der Waals surface area contributed by atoms with Crippen LogP contribution in [0.5, 0.6) is 11.5 Å². The quantitative estimate of drug-likeness (QED) is 0.318. The van der Waals surface area contributed by atoms with E-state index in [9.17, 15) is 58.3 Å². The summed E-state index contributed by atoms with van der Waals surface area (Å²) in [5, 5.41) is 0. The van der Waals surface area contributed by atoms with Crippen LogP contribution >= 0.6 is 0 Å². The van der Waals surface area contributed by atoms with Gasteiger partial charge >= 0.3 is 42.1 Å². The van der Waals surface area contributed by atoms with Crippen molar-refractivity contribution in [2.24, 2.45) is 0 Å². The second-order valence-corrected chi connectivity index (χ2v) is 5.75. The summed E-state index contributed by atoms with van der Waals surface area (Å²) in [5.41, 5.74) is -0.924. The number of rotatable bonds is 7. The fraction of sp³-hybridized carbons (Fsp3) is 0.438. The maximum Gasteiger partial charge on any atom is 0.465 e. The lowest BCUT2D eigenvalue weighted by Gasteiger charge is -2.22. The van der Waals surface area contributed by atoms with Gasteiger partial charge in [0, 0.05) is 5.56 Å². The molecule has 0 amide bonds. The molecule has 0 aromatic heterocycles. The van der Waals surface area contributed by atoms with E-state index in [2.05, 4.69) is 18.9 Å². The number of halogens is 10. The van der Waals surface area contributed by atoms with Crippen molar-refractivity contribution < 1.29 is 77.2 Å². The van der Waals surface area contributed by atoms with E-state index >= 15 is 0 Å². The SMILES string of the molecule is COC(=O)C(OC(=O)C(F)(F)C(F)(F)F)c1ccc(OC)c(OC(=O)C(F)(F)C(F)(F)F)c1. The first kappa shape index (κ1) is 27.8. The highest BCUT2D eigenvalue weighted by molar-refractivity contribution is 5.85. The number of esters is 3. The van der Waals surface area contributed by atoms with E-state index < -0.39 is 65.3 Å². The second kappa shape index (κ2) is 9.30. The standard InChI is InChI=1S/C16H10F10O7/c1-30-7-4-3-6(5-8(7)32-11(28)13(17,18)15(21,22)23)9(10(27)31-2)33-12(29)14(19,20)16(24,25)26/h3-5,9H,1-2H3. The van der Waals surface area contributed by atoms with E-state index in [1.165, 1.54) is 0 Å².